The SMILES string of the molecule is COc1ccc(-c2nnn(CC(=O)N(CC(=O)NC3CCCC3)Cc3ccccc3Cl)n2)cc1. The van der Waals surface area contributed by atoms with Crippen molar-refractivity contribution in [1.29, 1.82) is 0 Å². The van der Waals surface area contributed by atoms with Crippen LogP contribution in [0.15, 0.2) is 48.5 Å². The first-order valence-corrected chi connectivity index (χ1v) is 11.6. The summed E-state index contributed by atoms with van der Waals surface area (Å²) in [6.07, 6.45) is 4.17. The Kier molecular flexibility index (Phi) is 7.74. The number of carbonyl (C=O) groups excluding carboxylic acids is 2. The fraction of sp³-hybridized carbons (Fsp3) is 0.375. The van der Waals surface area contributed by atoms with Crippen LogP contribution in [0.5, 0.6) is 5.75 Å². The third kappa shape index (κ3) is 6.11. The lowest BCUT2D eigenvalue weighted by Crippen LogP contribution is -2.44. The Bertz CT molecular complexity index is 1130. The van der Waals surface area contributed by atoms with Crippen LogP contribution in [0, 0.1) is 0 Å². The molecule has 0 atom stereocenters. The number of carbonyl (C=O) groups is 2. The summed E-state index contributed by atoms with van der Waals surface area (Å²) in [4.78, 5) is 28.6. The molecule has 0 unspecified atom stereocenters. The monoisotopic (exact) mass is 482 g/mol. The lowest BCUT2D eigenvalue weighted by atomic mass is 10.2. The van der Waals surface area contributed by atoms with E-state index in [0.29, 0.717) is 10.8 Å². The van der Waals surface area contributed by atoms with Gasteiger partial charge >= 0.3 is 0 Å². The largest absolute Gasteiger partial charge is 0.497 e. The minimum Gasteiger partial charge on any atom is -0.497 e. The van der Waals surface area contributed by atoms with Crippen LogP contribution in [0.4, 0.5) is 0 Å². The number of hydrogen-bond donors (Lipinski definition) is 1. The van der Waals surface area contributed by atoms with Gasteiger partial charge in [-0.15, -0.1) is 10.2 Å². The van der Waals surface area contributed by atoms with Gasteiger partial charge in [0.15, 0.2) is 0 Å². The van der Waals surface area contributed by atoms with Crippen LogP contribution in [0.2, 0.25) is 5.02 Å². The Morgan fingerprint density at radius 2 is 1.88 bits per heavy atom. The number of benzene rings is 2. The van der Waals surface area contributed by atoms with Crippen LogP contribution in [-0.4, -0.2) is 56.6 Å². The maximum atomic E-state index is 13.2. The van der Waals surface area contributed by atoms with E-state index in [9.17, 15) is 9.59 Å². The van der Waals surface area contributed by atoms with Crippen LogP contribution in [0.25, 0.3) is 11.4 Å². The van der Waals surface area contributed by atoms with E-state index in [-0.39, 0.29) is 37.5 Å². The number of methoxy groups -OCH3 is 1. The fourth-order valence-corrected chi connectivity index (χ4v) is 4.16. The highest BCUT2D eigenvalue weighted by atomic mass is 35.5. The van der Waals surface area contributed by atoms with E-state index in [2.05, 4.69) is 20.7 Å². The lowest BCUT2D eigenvalue weighted by molar-refractivity contribution is -0.137. The molecule has 1 N–H and O–H groups in total. The maximum absolute atomic E-state index is 13.2. The van der Waals surface area contributed by atoms with Gasteiger partial charge in [0.25, 0.3) is 0 Å². The molecule has 1 aliphatic carbocycles. The molecule has 0 saturated heterocycles. The highest BCUT2D eigenvalue weighted by molar-refractivity contribution is 6.31. The quantitative estimate of drug-likeness (QED) is 0.502. The molecular weight excluding hydrogens is 456 g/mol. The smallest absolute Gasteiger partial charge is 0.247 e. The van der Waals surface area contributed by atoms with Crippen molar-refractivity contribution in [2.24, 2.45) is 0 Å². The van der Waals surface area contributed by atoms with E-state index < -0.39 is 0 Å². The van der Waals surface area contributed by atoms with Crippen molar-refractivity contribution in [2.45, 2.75) is 44.8 Å². The summed E-state index contributed by atoms with van der Waals surface area (Å²) in [5.74, 6) is 0.627. The summed E-state index contributed by atoms with van der Waals surface area (Å²) in [6.45, 7) is -0.0124. The van der Waals surface area contributed by atoms with Gasteiger partial charge in [0.05, 0.1) is 13.7 Å². The Hall–Kier alpha value is -3.46. The second-order valence-electron chi connectivity index (χ2n) is 8.26. The van der Waals surface area contributed by atoms with E-state index in [4.69, 9.17) is 16.3 Å². The molecule has 1 aromatic heterocycles. The van der Waals surface area contributed by atoms with E-state index >= 15 is 0 Å². The van der Waals surface area contributed by atoms with Gasteiger partial charge in [0.2, 0.25) is 17.6 Å². The van der Waals surface area contributed by atoms with Crippen molar-refractivity contribution in [3.63, 3.8) is 0 Å². The molecule has 1 fully saturated rings. The topological polar surface area (TPSA) is 102 Å². The zero-order valence-electron chi connectivity index (χ0n) is 19.0. The number of amides is 2. The van der Waals surface area contributed by atoms with Gasteiger partial charge in [0.1, 0.15) is 12.3 Å². The molecule has 2 aromatic carbocycles. The number of tetrazole rings is 1. The first-order valence-electron chi connectivity index (χ1n) is 11.2. The van der Waals surface area contributed by atoms with Gasteiger partial charge in [-0.05, 0) is 54.0 Å². The summed E-state index contributed by atoms with van der Waals surface area (Å²) in [7, 11) is 1.59. The standard InChI is InChI=1S/C24H27ClN6O3/c1-34-20-12-10-17(11-13-20)24-27-29-31(28-24)16-23(33)30(14-18-6-2-5-9-21(18)25)15-22(32)26-19-7-3-4-8-19/h2,5-6,9-13,19H,3-4,7-8,14-16H2,1H3,(H,26,32). The van der Waals surface area contributed by atoms with Crippen molar-refractivity contribution < 1.29 is 14.3 Å². The number of aromatic nitrogens is 4. The second-order valence-corrected chi connectivity index (χ2v) is 8.67. The summed E-state index contributed by atoms with van der Waals surface area (Å²) < 4.78 is 5.17. The number of hydrogen-bond acceptors (Lipinski definition) is 6. The Labute approximate surface area is 203 Å². The predicted octanol–water partition coefficient (Wildman–Crippen LogP) is 3.09. The summed E-state index contributed by atoms with van der Waals surface area (Å²) in [6, 6.07) is 14.7. The summed E-state index contributed by atoms with van der Waals surface area (Å²) >= 11 is 6.31. The van der Waals surface area contributed by atoms with Crippen LogP contribution in [-0.2, 0) is 22.7 Å². The lowest BCUT2D eigenvalue weighted by Gasteiger charge is -2.23. The Morgan fingerprint density at radius 1 is 1.15 bits per heavy atom. The fourth-order valence-electron chi connectivity index (χ4n) is 3.97. The van der Waals surface area contributed by atoms with Gasteiger partial charge < -0.3 is 15.0 Å². The zero-order chi connectivity index (χ0) is 23.9. The van der Waals surface area contributed by atoms with Crippen LogP contribution in [0.1, 0.15) is 31.2 Å². The molecule has 4 rings (SSSR count). The van der Waals surface area contributed by atoms with E-state index in [1.807, 2.05) is 30.3 Å². The average Bonchev–Trinajstić information content (AvgIpc) is 3.52. The van der Waals surface area contributed by atoms with Crippen molar-refractivity contribution in [3.05, 3.63) is 59.1 Å². The molecular formula is C24H27ClN6O3. The van der Waals surface area contributed by atoms with Crippen molar-refractivity contribution in [2.75, 3.05) is 13.7 Å². The third-order valence-electron chi connectivity index (χ3n) is 5.80. The third-order valence-corrected chi connectivity index (χ3v) is 6.17. The normalized spacial score (nSPS) is 13.6. The maximum Gasteiger partial charge on any atom is 0.247 e. The Balaban J connectivity index is 1.46. The van der Waals surface area contributed by atoms with E-state index in [1.165, 1.54) is 9.70 Å². The van der Waals surface area contributed by atoms with Crippen molar-refractivity contribution >= 4 is 23.4 Å². The first-order chi connectivity index (χ1) is 16.5. The molecule has 0 bridgehead atoms. The van der Waals surface area contributed by atoms with Gasteiger partial charge in [0, 0.05) is 23.2 Å². The number of nitrogens with one attached hydrogen (secondary N) is 1. The summed E-state index contributed by atoms with van der Waals surface area (Å²) in [5.41, 5.74) is 1.51. The van der Waals surface area contributed by atoms with Gasteiger partial charge in [-0.1, -0.05) is 42.6 Å². The molecule has 2 amide bonds. The molecule has 3 aromatic rings. The molecule has 0 spiro atoms. The number of rotatable bonds is 9. The molecule has 1 aliphatic rings. The van der Waals surface area contributed by atoms with Crippen LogP contribution >= 0.6 is 11.6 Å². The molecule has 1 heterocycles. The molecule has 9 nitrogen and oxygen atoms in total. The highest BCUT2D eigenvalue weighted by Gasteiger charge is 2.23. The number of halogens is 1. The molecule has 34 heavy (non-hydrogen) atoms. The summed E-state index contributed by atoms with van der Waals surface area (Å²) in [5, 5.41) is 16.0. The minimum absolute atomic E-state index is 0.0689. The number of nitrogens with zero attached hydrogens (tertiary/aromatic N) is 5. The number of ether oxygens (including phenoxy) is 1. The van der Waals surface area contributed by atoms with Gasteiger partial charge in [-0.3, -0.25) is 9.59 Å². The second kappa shape index (κ2) is 11.1. The zero-order valence-corrected chi connectivity index (χ0v) is 19.7. The molecule has 1 saturated carbocycles. The van der Waals surface area contributed by atoms with Crippen LogP contribution < -0.4 is 10.1 Å². The van der Waals surface area contributed by atoms with Gasteiger partial charge in [-0.2, -0.15) is 4.80 Å². The van der Waals surface area contributed by atoms with Crippen molar-refractivity contribution in [1.82, 2.24) is 30.4 Å². The molecule has 0 aliphatic heterocycles. The first kappa shape index (κ1) is 23.7. The average molecular weight is 483 g/mol. The van der Waals surface area contributed by atoms with E-state index in [0.717, 1.165) is 42.6 Å². The highest BCUT2D eigenvalue weighted by Crippen LogP contribution is 2.20. The molecule has 178 valence electrons. The van der Waals surface area contributed by atoms with Crippen LogP contribution in [0.3, 0.4) is 0 Å². The van der Waals surface area contributed by atoms with Gasteiger partial charge in [-0.25, -0.2) is 0 Å². The minimum atomic E-state index is -0.305. The van der Waals surface area contributed by atoms with Crippen molar-refractivity contribution in [3.8, 4) is 17.1 Å². The Morgan fingerprint density at radius 3 is 2.59 bits per heavy atom. The molecule has 10 heteroatoms. The molecule has 0 radical (unpaired) electrons. The van der Waals surface area contributed by atoms with E-state index in [1.54, 1.807) is 25.3 Å². The predicted molar refractivity (Wildman–Crippen MR) is 127 cm³/mol.